The van der Waals surface area contributed by atoms with Crippen LogP contribution in [0.5, 0.6) is 0 Å². The molecule has 0 radical (unpaired) electrons. The van der Waals surface area contributed by atoms with Crippen LogP contribution in [0.1, 0.15) is 0 Å². The van der Waals surface area contributed by atoms with Gasteiger partial charge >= 0.3 is 0 Å². The second kappa shape index (κ2) is 7.18. The second-order valence-electron chi connectivity index (χ2n) is 3.91. The molecule has 5 nitrogen and oxygen atoms in total. The first-order chi connectivity index (χ1) is 9.41. The van der Waals surface area contributed by atoms with E-state index in [-0.39, 0.29) is 23.1 Å². The molecule has 0 bridgehead atoms. The zero-order valence-corrected chi connectivity index (χ0v) is 12.6. The van der Waals surface area contributed by atoms with E-state index in [4.69, 9.17) is 18.0 Å². The summed E-state index contributed by atoms with van der Waals surface area (Å²) < 4.78 is 26.1. The van der Waals surface area contributed by atoms with Gasteiger partial charge in [-0.05, 0) is 36.5 Å². The number of rotatable bonds is 7. The van der Waals surface area contributed by atoms with Crippen LogP contribution < -0.4 is 11.1 Å². The molecule has 0 aliphatic rings. The molecule has 1 aromatic carbocycles. The number of nitrogens with two attached hydrogens (primary N) is 1. The third-order valence-electron chi connectivity index (χ3n) is 2.43. The Bertz CT molecular complexity index is 585. The first-order valence-electron chi connectivity index (χ1n) is 5.80. The summed E-state index contributed by atoms with van der Waals surface area (Å²) in [6, 6.07) is 6.20. The smallest absolute Gasteiger partial charge is 0.243 e. The molecule has 1 aromatic rings. The lowest BCUT2D eigenvalue weighted by molar-refractivity contribution is 0.474. The first kappa shape index (κ1) is 16.4. The average Bonchev–Trinajstić information content (AvgIpc) is 2.38. The van der Waals surface area contributed by atoms with E-state index in [1.165, 1.54) is 28.6 Å². The number of sulfonamides is 1. The number of thiocarbonyl (C=S) groups is 1. The molecule has 1 rings (SSSR count). The lowest BCUT2D eigenvalue weighted by Gasteiger charge is -2.19. The van der Waals surface area contributed by atoms with Gasteiger partial charge in [0, 0.05) is 18.8 Å². The molecule has 3 N–H and O–H groups in total. The van der Waals surface area contributed by atoms with Gasteiger partial charge in [0.25, 0.3) is 0 Å². The fraction of sp³-hybridized carbons (Fsp3) is 0.154. The summed E-state index contributed by atoms with van der Waals surface area (Å²) in [6.07, 6.45) is 3.06. The van der Waals surface area contributed by atoms with Crippen LogP contribution in [0.25, 0.3) is 0 Å². The molecule has 0 heterocycles. The average molecular weight is 311 g/mol. The van der Waals surface area contributed by atoms with Gasteiger partial charge in [-0.3, -0.25) is 0 Å². The van der Waals surface area contributed by atoms with E-state index in [9.17, 15) is 8.42 Å². The fourth-order valence-corrected chi connectivity index (χ4v) is 3.06. The minimum absolute atomic E-state index is 0.126. The summed E-state index contributed by atoms with van der Waals surface area (Å²) >= 11 is 4.71. The van der Waals surface area contributed by atoms with Crippen molar-refractivity contribution in [3.8, 4) is 0 Å². The molecule has 0 saturated carbocycles. The number of hydrogen-bond acceptors (Lipinski definition) is 3. The van der Waals surface area contributed by atoms with Gasteiger partial charge in [-0.25, -0.2) is 8.42 Å². The van der Waals surface area contributed by atoms with Crippen molar-refractivity contribution in [3.63, 3.8) is 0 Å². The van der Waals surface area contributed by atoms with Crippen LogP contribution >= 0.6 is 12.2 Å². The van der Waals surface area contributed by atoms with Gasteiger partial charge in [0.1, 0.15) is 0 Å². The van der Waals surface area contributed by atoms with Gasteiger partial charge in [0.2, 0.25) is 10.0 Å². The number of anilines is 1. The van der Waals surface area contributed by atoms with Gasteiger partial charge in [-0.2, -0.15) is 4.31 Å². The highest BCUT2D eigenvalue weighted by Crippen LogP contribution is 2.18. The van der Waals surface area contributed by atoms with Crippen LogP contribution in [0, 0.1) is 0 Å². The van der Waals surface area contributed by atoms with Crippen molar-refractivity contribution >= 4 is 33.0 Å². The topological polar surface area (TPSA) is 75.4 Å². The Morgan fingerprint density at radius 3 is 2.15 bits per heavy atom. The number of nitrogens with zero attached hydrogens (tertiary/aromatic N) is 1. The van der Waals surface area contributed by atoms with E-state index in [2.05, 4.69) is 18.5 Å². The minimum Gasteiger partial charge on any atom is -0.376 e. The third-order valence-corrected chi connectivity index (χ3v) is 4.37. The molecule has 0 aromatic heterocycles. The summed E-state index contributed by atoms with van der Waals surface area (Å²) in [7, 11) is -3.57. The maximum Gasteiger partial charge on any atom is 0.243 e. The zero-order valence-electron chi connectivity index (χ0n) is 11.0. The van der Waals surface area contributed by atoms with E-state index in [0.717, 1.165) is 0 Å². The van der Waals surface area contributed by atoms with Gasteiger partial charge in [0.05, 0.1) is 4.90 Å². The Labute approximate surface area is 124 Å². The maximum absolute atomic E-state index is 12.4. The molecule has 0 atom stereocenters. The molecule has 0 spiro atoms. The second-order valence-corrected chi connectivity index (χ2v) is 6.29. The SMILES string of the molecule is C=CCN(CC=C)S(=O)(=O)c1ccc(NC(N)=S)cc1. The van der Waals surface area contributed by atoms with E-state index >= 15 is 0 Å². The molecule has 0 amide bonds. The summed E-state index contributed by atoms with van der Waals surface area (Å²) in [4.78, 5) is 0.190. The van der Waals surface area contributed by atoms with Crippen LogP contribution in [0.4, 0.5) is 5.69 Å². The van der Waals surface area contributed by atoms with Crippen molar-refractivity contribution in [2.75, 3.05) is 18.4 Å². The molecule has 20 heavy (non-hydrogen) atoms. The van der Waals surface area contributed by atoms with E-state index in [0.29, 0.717) is 5.69 Å². The molecule has 0 aliphatic heterocycles. The predicted molar refractivity (Wildman–Crippen MR) is 86.0 cm³/mol. The third kappa shape index (κ3) is 4.16. The Balaban J connectivity index is 3.04. The van der Waals surface area contributed by atoms with Crippen molar-refractivity contribution in [2.24, 2.45) is 5.73 Å². The summed E-state index contributed by atoms with van der Waals surface area (Å²) in [5, 5.41) is 2.86. The van der Waals surface area contributed by atoms with Crippen LogP contribution in [-0.2, 0) is 10.0 Å². The molecule has 7 heteroatoms. The summed E-state index contributed by atoms with van der Waals surface area (Å²) in [5.74, 6) is 0. The summed E-state index contributed by atoms with van der Waals surface area (Å²) in [6.45, 7) is 7.56. The fourth-order valence-electron chi connectivity index (χ4n) is 1.56. The number of hydrogen-bond donors (Lipinski definition) is 2. The summed E-state index contributed by atoms with van der Waals surface area (Å²) in [5.41, 5.74) is 5.98. The highest BCUT2D eigenvalue weighted by atomic mass is 32.2. The zero-order chi connectivity index (χ0) is 15.2. The molecule has 0 aliphatic carbocycles. The Morgan fingerprint density at radius 2 is 1.75 bits per heavy atom. The first-order valence-corrected chi connectivity index (χ1v) is 7.65. The molecule has 0 unspecified atom stereocenters. The van der Waals surface area contributed by atoms with Crippen molar-refractivity contribution in [1.82, 2.24) is 4.31 Å². The Kier molecular flexibility index (Phi) is 5.87. The lowest BCUT2D eigenvalue weighted by atomic mass is 10.3. The van der Waals surface area contributed by atoms with Gasteiger partial charge < -0.3 is 11.1 Å². The van der Waals surface area contributed by atoms with Crippen molar-refractivity contribution in [2.45, 2.75) is 4.90 Å². The normalized spacial score (nSPS) is 11.1. The molecule has 0 saturated heterocycles. The highest BCUT2D eigenvalue weighted by molar-refractivity contribution is 7.89. The monoisotopic (exact) mass is 311 g/mol. The standard InChI is InChI=1S/C13H17N3O2S2/c1-3-9-16(10-4-2)20(17,18)12-7-5-11(6-8-12)15-13(14)19/h3-8H,1-2,9-10H2,(H3,14,15,19). The molecule has 0 fully saturated rings. The number of benzene rings is 1. The molecule has 108 valence electrons. The minimum atomic E-state index is -3.57. The van der Waals surface area contributed by atoms with Crippen LogP contribution in [0.3, 0.4) is 0 Å². The van der Waals surface area contributed by atoms with Crippen LogP contribution in [0.2, 0.25) is 0 Å². The largest absolute Gasteiger partial charge is 0.376 e. The maximum atomic E-state index is 12.4. The number of nitrogens with one attached hydrogen (secondary N) is 1. The lowest BCUT2D eigenvalue weighted by Crippen LogP contribution is -2.31. The van der Waals surface area contributed by atoms with Gasteiger partial charge in [-0.1, -0.05) is 12.2 Å². The predicted octanol–water partition coefficient (Wildman–Crippen LogP) is 1.70. The molecular weight excluding hydrogens is 294 g/mol. The Morgan fingerprint density at radius 1 is 1.25 bits per heavy atom. The van der Waals surface area contributed by atoms with Crippen molar-refractivity contribution < 1.29 is 8.42 Å². The van der Waals surface area contributed by atoms with Crippen molar-refractivity contribution in [1.29, 1.82) is 0 Å². The Hall–Kier alpha value is -1.70. The van der Waals surface area contributed by atoms with Crippen LogP contribution in [0.15, 0.2) is 54.5 Å². The van der Waals surface area contributed by atoms with Gasteiger partial charge in [0.15, 0.2) is 5.11 Å². The van der Waals surface area contributed by atoms with Crippen molar-refractivity contribution in [3.05, 3.63) is 49.6 Å². The quantitative estimate of drug-likeness (QED) is 0.592. The van der Waals surface area contributed by atoms with E-state index < -0.39 is 10.0 Å². The van der Waals surface area contributed by atoms with E-state index in [1.807, 2.05) is 0 Å². The van der Waals surface area contributed by atoms with Crippen LogP contribution in [-0.4, -0.2) is 30.9 Å². The van der Waals surface area contributed by atoms with E-state index in [1.54, 1.807) is 12.1 Å². The van der Waals surface area contributed by atoms with Gasteiger partial charge in [-0.15, -0.1) is 13.2 Å². The highest BCUT2D eigenvalue weighted by Gasteiger charge is 2.22. The molecular formula is C13H17N3O2S2.